The van der Waals surface area contributed by atoms with Gasteiger partial charge in [0.25, 0.3) is 0 Å². The van der Waals surface area contributed by atoms with Crippen molar-refractivity contribution in [3.05, 3.63) is 84.2 Å². The normalized spacial score (nSPS) is 11.8. The van der Waals surface area contributed by atoms with E-state index >= 15 is 0 Å². The Bertz CT molecular complexity index is 1360. The van der Waals surface area contributed by atoms with Gasteiger partial charge < -0.3 is 19.8 Å². The Morgan fingerprint density at radius 3 is 2.51 bits per heavy atom. The molecule has 4 aromatic rings. The molecule has 0 aliphatic rings. The Hall–Kier alpha value is -4.06. The zero-order valence-electron chi connectivity index (χ0n) is 20.6. The van der Waals surface area contributed by atoms with Crippen molar-refractivity contribution in [1.29, 1.82) is 0 Å². The lowest BCUT2D eigenvalue weighted by molar-refractivity contribution is 0.0207. The van der Waals surface area contributed by atoms with Crippen molar-refractivity contribution in [2.75, 3.05) is 5.73 Å². The lowest BCUT2D eigenvalue weighted by Gasteiger charge is -2.19. The van der Waals surface area contributed by atoms with Crippen LogP contribution in [0.5, 0.6) is 5.75 Å². The molecule has 0 aliphatic carbocycles. The van der Waals surface area contributed by atoms with Gasteiger partial charge in [0.1, 0.15) is 17.2 Å². The van der Waals surface area contributed by atoms with Gasteiger partial charge in [-0.3, -0.25) is 0 Å². The summed E-state index contributed by atoms with van der Waals surface area (Å²) >= 11 is 0. The van der Waals surface area contributed by atoms with Crippen molar-refractivity contribution < 1.29 is 14.3 Å². The van der Waals surface area contributed by atoms with Crippen molar-refractivity contribution in [3.8, 4) is 16.9 Å². The van der Waals surface area contributed by atoms with Gasteiger partial charge in [0.2, 0.25) is 0 Å². The van der Waals surface area contributed by atoms with E-state index in [0.29, 0.717) is 18.0 Å². The van der Waals surface area contributed by atoms with Gasteiger partial charge in [-0.05, 0) is 68.7 Å². The number of benzene rings is 3. The number of allylic oxidation sites excluding steroid dienone is 1. The first-order valence-electron chi connectivity index (χ1n) is 11.7. The molecule has 0 saturated carbocycles. The quantitative estimate of drug-likeness (QED) is 0.186. The molecule has 0 fully saturated rings. The summed E-state index contributed by atoms with van der Waals surface area (Å²) in [7, 11) is 0. The molecule has 0 saturated heterocycles. The van der Waals surface area contributed by atoms with E-state index in [2.05, 4.69) is 35.8 Å². The molecule has 0 bridgehead atoms. The number of para-hydroxylation sites is 1. The minimum absolute atomic E-state index is 0.456. The third-order valence-corrected chi connectivity index (χ3v) is 5.38. The molecule has 4 rings (SSSR count). The maximum absolute atomic E-state index is 12.2. The second-order valence-corrected chi connectivity index (χ2v) is 9.37. The number of rotatable bonds is 6. The highest BCUT2D eigenvalue weighted by Gasteiger charge is 2.19. The molecular formula is C29H31N3O3. The number of hydrogen-bond donors (Lipinski definition) is 1. The zero-order chi connectivity index (χ0) is 25.0. The Balaban J connectivity index is 1.61. The van der Waals surface area contributed by atoms with Crippen LogP contribution in [0.1, 0.15) is 45.5 Å². The number of nitrogens with zero attached hydrogens (tertiary/aromatic N) is 2. The summed E-state index contributed by atoms with van der Waals surface area (Å²) in [6.45, 7) is 8.17. The molecule has 0 spiro atoms. The van der Waals surface area contributed by atoms with Gasteiger partial charge in [0.15, 0.2) is 0 Å². The molecular weight excluding hydrogens is 438 g/mol. The molecule has 0 radical (unpaired) electrons. The number of hydrogen-bond acceptors (Lipinski definition) is 5. The lowest BCUT2D eigenvalue weighted by atomic mass is 10.0. The third kappa shape index (κ3) is 5.90. The second-order valence-electron chi connectivity index (χ2n) is 9.37. The fraction of sp³-hybridized carbons (Fsp3) is 0.241. The molecule has 1 heterocycles. The van der Waals surface area contributed by atoms with Crippen LogP contribution >= 0.6 is 0 Å². The minimum atomic E-state index is -0.722. The van der Waals surface area contributed by atoms with E-state index in [1.807, 2.05) is 48.5 Å². The number of carbonyl (C=O) groups excluding carboxylic acids is 1. The number of carbonyl (C=O) groups is 1. The lowest BCUT2D eigenvalue weighted by Crippen LogP contribution is -2.26. The van der Waals surface area contributed by atoms with E-state index < -0.39 is 11.8 Å². The van der Waals surface area contributed by atoms with Crippen LogP contribution in [0, 0.1) is 0 Å². The second kappa shape index (κ2) is 10.1. The molecule has 180 valence electrons. The summed E-state index contributed by atoms with van der Waals surface area (Å²) in [5.74, 6) is 1.35. The van der Waals surface area contributed by atoms with Crippen LogP contribution in [-0.2, 0) is 11.3 Å². The number of fused-ring (bicyclic) bond motifs is 1. The van der Waals surface area contributed by atoms with Crippen LogP contribution in [0.3, 0.4) is 0 Å². The molecule has 2 N–H and O–H groups in total. The highest BCUT2D eigenvalue weighted by atomic mass is 16.7. The van der Waals surface area contributed by atoms with Crippen LogP contribution in [0.2, 0.25) is 0 Å². The van der Waals surface area contributed by atoms with Gasteiger partial charge in [-0.25, -0.2) is 9.78 Å². The molecule has 1 aromatic heterocycles. The smallest absolute Gasteiger partial charge is 0.428 e. The first-order chi connectivity index (χ1) is 16.7. The Kier molecular flexibility index (Phi) is 6.92. The first kappa shape index (κ1) is 24.1. The van der Waals surface area contributed by atoms with E-state index in [4.69, 9.17) is 20.2 Å². The van der Waals surface area contributed by atoms with E-state index in [9.17, 15) is 4.79 Å². The summed E-state index contributed by atoms with van der Waals surface area (Å²) in [6.07, 6.45) is 4.37. The number of anilines is 1. The summed E-state index contributed by atoms with van der Waals surface area (Å²) < 4.78 is 13.0. The monoisotopic (exact) mass is 469 g/mol. The molecule has 0 aliphatic heterocycles. The highest BCUT2D eigenvalue weighted by Crippen LogP contribution is 2.31. The van der Waals surface area contributed by atoms with Crippen molar-refractivity contribution in [2.24, 2.45) is 0 Å². The largest absolute Gasteiger partial charge is 0.514 e. The number of imidazole rings is 1. The molecule has 3 aromatic carbocycles. The predicted molar refractivity (Wildman–Crippen MR) is 141 cm³/mol. The van der Waals surface area contributed by atoms with Gasteiger partial charge in [-0.1, -0.05) is 55.5 Å². The van der Waals surface area contributed by atoms with Crippen molar-refractivity contribution >= 4 is 29.0 Å². The molecule has 0 unspecified atom stereocenters. The average Bonchev–Trinajstić information content (AvgIpc) is 3.14. The van der Waals surface area contributed by atoms with Crippen LogP contribution in [0.15, 0.2) is 72.8 Å². The maximum atomic E-state index is 12.2. The van der Waals surface area contributed by atoms with E-state index in [1.165, 1.54) is 0 Å². The number of nitrogen functional groups attached to an aromatic ring is 1. The van der Waals surface area contributed by atoms with Gasteiger partial charge in [-0.15, -0.1) is 0 Å². The first-order valence-corrected chi connectivity index (χ1v) is 11.7. The van der Waals surface area contributed by atoms with Gasteiger partial charge in [0.05, 0.1) is 11.0 Å². The third-order valence-electron chi connectivity index (χ3n) is 5.38. The summed E-state index contributed by atoms with van der Waals surface area (Å²) in [5.41, 5.74) is 10.9. The molecule has 6 nitrogen and oxygen atoms in total. The van der Waals surface area contributed by atoms with Crippen LogP contribution in [0.25, 0.3) is 28.2 Å². The van der Waals surface area contributed by atoms with E-state index in [0.717, 1.165) is 40.0 Å². The summed E-state index contributed by atoms with van der Waals surface area (Å²) in [4.78, 5) is 17.0. The topological polar surface area (TPSA) is 79.4 Å². The summed E-state index contributed by atoms with van der Waals surface area (Å²) in [5, 5.41) is 0. The van der Waals surface area contributed by atoms with Crippen LogP contribution in [-0.4, -0.2) is 21.3 Å². The van der Waals surface area contributed by atoms with Crippen molar-refractivity contribution in [3.63, 3.8) is 0 Å². The minimum Gasteiger partial charge on any atom is -0.428 e. The molecule has 35 heavy (non-hydrogen) atoms. The van der Waals surface area contributed by atoms with Crippen molar-refractivity contribution in [1.82, 2.24) is 9.55 Å². The fourth-order valence-electron chi connectivity index (χ4n) is 3.80. The number of nitrogens with two attached hydrogens (primary N) is 1. The Morgan fingerprint density at radius 1 is 1.06 bits per heavy atom. The molecule has 0 atom stereocenters. The standard InChI is InChI=1S/C29H31N3O3/c1-5-6-11-27-31-24-17-16-22(30)18-25(24)32(27)19-20-12-14-21(15-13-20)23-9-7-8-10-26(23)34-28(33)35-29(2,3)4/h6-18H,5,19,30H2,1-4H3/b11-6+. The Morgan fingerprint density at radius 2 is 1.80 bits per heavy atom. The highest BCUT2D eigenvalue weighted by molar-refractivity contribution is 5.81. The maximum Gasteiger partial charge on any atom is 0.514 e. The van der Waals surface area contributed by atoms with Crippen LogP contribution in [0.4, 0.5) is 10.5 Å². The number of aromatic nitrogens is 2. The SMILES string of the molecule is CC/C=C/c1nc2ccc(N)cc2n1Cc1ccc(-c2ccccc2OC(=O)OC(C)(C)C)cc1. The predicted octanol–water partition coefficient (Wildman–Crippen LogP) is 7.07. The van der Waals surface area contributed by atoms with Gasteiger partial charge in [0, 0.05) is 17.8 Å². The molecule has 0 amide bonds. The molecule has 6 heteroatoms. The van der Waals surface area contributed by atoms with Crippen LogP contribution < -0.4 is 10.5 Å². The average molecular weight is 470 g/mol. The van der Waals surface area contributed by atoms with E-state index in [-0.39, 0.29) is 0 Å². The van der Waals surface area contributed by atoms with Gasteiger partial charge >= 0.3 is 6.16 Å². The Labute approximate surface area is 206 Å². The van der Waals surface area contributed by atoms with Gasteiger partial charge in [-0.2, -0.15) is 0 Å². The fourth-order valence-corrected chi connectivity index (χ4v) is 3.80. The van der Waals surface area contributed by atoms with E-state index in [1.54, 1.807) is 26.8 Å². The zero-order valence-corrected chi connectivity index (χ0v) is 20.6. The van der Waals surface area contributed by atoms with Crippen molar-refractivity contribution in [2.45, 2.75) is 46.3 Å². The number of ether oxygens (including phenoxy) is 2. The summed E-state index contributed by atoms with van der Waals surface area (Å²) in [6, 6.07) is 21.4.